The van der Waals surface area contributed by atoms with Crippen LogP contribution in [0.3, 0.4) is 0 Å². The first-order chi connectivity index (χ1) is 12.6. The maximum Gasteiger partial charge on any atom is 0.186 e. The van der Waals surface area contributed by atoms with Crippen LogP contribution in [0.25, 0.3) is 0 Å². The molecule has 1 aromatic heterocycles. The minimum Gasteiger partial charge on any atom is -0.371 e. The van der Waals surface area contributed by atoms with E-state index in [4.69, 9.17) is 16.3 Å². The van der Waals surface area contributed by atoms with Crippen molar-refractivity contribution in [1.29, 1.82) is 0 Å². The standard InChI is InChI=1S/C19H22ClFN4O/c1-2-16-18(21)19(23-11-22-16)24-14-7-15-10-26-17(9-25(15)8-14)12-3-5-13(20)6-4-12/h3-6,11,14-15,17H,2,7-10H2,1H3,(H,22,23,24)/t14-,15+,17-/m1/s1. The molecule has 138 valence electrons. The number of fused-ring (bicyclic) bond motifs is 1. The Bertz CT molecular complexity index is 773. The summed E-state index contributed by atoms with van der Waals surface area (Å²) in [5, 5.41) is 3.99. The molecule has 2 aliphatic heterocycles. The fraction of sp³-hybridized carbons (Fsp3) is 0.474. The lowest BCUT2D eigenvalue weighted by Gasteiger charge is -2.35. The highest BCUT2D eigenvalue weighted by molar-refractivity contribution is 6.30. The number of hydrogen-bond donors (Lipinski definition) is 1. The first kappa shape index (κ1) is 17.6. The van der Waals surface area contributed by atoms with E-state index in [0.29, 0.717) is 30.6 Å². The van der Waals surface area contributed by atoms with Gasteiger partial charge in [-0.3, -0.25) is 4.90 Å². The van der Waals surface area contributed by atoms with Crippen molar-refractivity contribution in [2.24, 2.45) is 0 Å². The Balaban J connectivity index is 1.41. The molecule has 5 nitrogen and oxygen atoms in total. The third-order valence-electron chi connectivity index (χ3n) is 5.20. The Morgan fingerprint density at radius 3 is 2.85 bits per heavy atom. The van der Waals surface area contributed by atoms with Crippen molar-refractivity contribution in [2.75, 3.05) is 25.0 Å². The first-order valence-corrected chi connectivity index (χ1v) is 9.39. The molecule has 1 aromatic carbocycles. The van der Waals surface area contributed by atoms with Crippen LogP contribution in [0.5, 0.6) is 0 Å². The number of halogens is 2. The highest BCUT2D eigenvalue weighted by atomic mass is 35.5. The number of anilines is 1. The molecule has 0 amide bonds. The van der Waals surface area contributed by atoms with Crippen molar-refractivity contribution < 1.29 is 9.13 Å². The number of ether oxygens (including phenoxy) is 1. The summed E-state index contributed by atoms with van der Waals surface area (Å²) in [5.74, 6) is -0.0352. The summed E-state index contributed by atoms with van der Waals surface area (Å²) in [6.45, 7) is 4.25. The highest BCUT2D eigenvalue weighted by Crippen LogP contribution is 2.32. The summed E-state index contributed by atoms with van der Waals surface area (Å²) in [7, 11) is 0. The molecular weight excluding hydrogens is 355 g/mol. The Labute approximate surface area is 157 Å². The number of nitrogens with zero attached hydrogens (tertiary/aromatic N) is 3. The molecular formula is C19H22ClFN4O. The zero-order valence-electron chi connectivity index (χ0n) is 14.7. The maximum absolute atomic E-state index is 14.4. The van der Waals surface area contributed by atoms with Gasteiger partial charge in [0.15, 0.2) is 11.6 Å². The first-order valence-electron chi connectivity index (χ1n) is 9.01. The maximum atomic E-state index is 14.4. The van der Waals surface area contributed by atoms with Crippen molar-refractivity contribution in [1.82, 2.24) is 14.9 Å². The van der Waals surface area contributed by atoms with Crippen LogP contribution in [0.4, 0.5) is 10.2 Å². The van der Waals surface area contributed by atoms with Crippen LogP contribution in [-0.2, 0) is 11.2 Å². The molecule has 2 fully saturated rings. The molecule has 1 N–H and O–H groups in total. The van der Waals surface area contributed by atoms with Gasteiger partial charge in [-0.25, -0.2) is 14.4 Å². The second-order valence-corrected chi connectivity index (χ2v) is 7.33. The molecule has 2 aromatic rings. The molecule has 2 aliphatic rings. The predicted octanol–water partition coefficient (Wildman–Crippen LogP) is 3.46. The summed E-state index contributed by atoms with van der Waals surface area (Å²) >= 11 is 5.97. The van der Waals surface area contributed by atoms with Gasteiger partial charge in [-0.1, -0.05) is 30.7 Å². The van der Waals surface area contributed by atoms with Crippen LogP contribution >= 0.6 is 11.6 Å². The smallest absolute Gasteiger partial charge is 0.186 e. The third kappa shape index (κ3) is 3.54. The van der Waals surface area contributed by atoms with E-state index in [0.717, 1.165) is 30.1 Å². The van der Waals surface area contributed by atoms with E-state index in [2.05, 4.69) is 20.2 Å². The van der Waals surface area contributed by atoms with Gasteiger partial charge in [0.05, 0.1) is 18.4 Å². The summed E-state index contributed by atoms with van der Waals surface area (Å²) in [6.07, 6.45) is 2.94. The number of morpholine rings is 1. The summed E-state index contributed by atoms with van der Waals surface area (Å²) in [5.41, 5.74) is 1.59. The van der Waals surface area contributed by atoms with Crippen LogP contribution in [0.2, 0.25) is 5.02 Å². The minimum absolute atomic E-state index is 0.0461. The molecule has 0 unspecified atom stereocenters. The molecule has 4 rings (SSSR count). The summed E-state index contributed by atoms with van der Waals surface area (Å²) in [4.78, 5) is 10.5. The van der Waals surface area contributed by atoms with Gasteiger partial charge in [0, 0.05) is 30.2 Å². The number of rotatable bonds is 4. The number of nitrogens with one attached hydrogen (secondary N) is 1. The van der Waals surface area contributed by atoms with Gasteiger partial charge in [0.2, 0.25) is 0 Å². The summed E-state index contributed by atoms with van der Waals surface area (Å²) in [6, 6.07) is 8.32. The van der Waals surface area contributed by atoms with Gasteiger partial charge in [0.1, 0.15) is 6.33 Å². The molecule has 3 heterocycles. The minimum atomic E-state index is -0.338. The molecule has 0 bridgehead atoms. The van der Waals surface area contributed by atoms with E-state index in [1.54, 1.807) is 0 Å². The predicted molar refractivity (Wildman–Crippen MR) is 98.9 cm³/mol. The lowest BCUT2D eigenvalue weighted by molar-refractivity contribution is -0.0501. The van der Waals surface area contributed by atoms with Crippen LogP contribution in [0.1, 0.15) is 30.7 Å². The number of benzene rings is 1. The van der Waals surface area contributed by atoms with Gasteiger partial charge in [-0.05, 0) is 30.5 Å². The number of hydrogen-bond acceptors (Lipinski definition) is 5. The largest absolute Gasteiger partial charge is 0.371 e. The Hall–Kier alpha value is -1.76. The quantitative estimate of drug-likeness (QED) is 0.885. The second-order valence-electron chi connectivity index (χ2n) is 6.89. The number of aryl methyl sites for hydroxylation is 1. The van der Waals surface area contributed by atoms with Crippen molar-refractivity contribution in [3.05, 3.63) is 52.7 Å². The van der Waals surface area contributed by atoms with Crippen LogP contribution in [0, 0.1) is 5.82 Å². The highest BCUT2D eigenvalue weighted by Gasteiger charge is 2.38. The lowest BCUT2D eigenvalue weighted by Crippen LogP contribution is -2.42. The van der Waals surface area contributed by atoms with E-state index >= 15 is 0 Å². The molecule has 0 saturated carbocycles. The van der Waals surface area contributed by atoms with Crippen molar-refractivity contribution in [3.63, 3.8) is 0 Å². The van der Waals surface area contributed by atoms with Gasteiger partial charge in [-0.2, -0.15) is 0 Å². The van der Waals surface area contributed by atoms with E-state index in [-0.39, 0.29) is 18.0 Å². The van der Waals surface area contributed by atoms with E-state index in [9.17, 15) is 4.39 Å². The zero-order valence-corrected chi connectivity index (χ0v) is 15.4. The van der Waals surface area contributed by atoms with E-state index in [1.165, 1.54) is 6.33 Å². The van der Waals surface area contributed by atoms with Gasteiger partial charge in [-0.15, -0.1) is 0 Å². The molecule has 0 spiro atoms. The van der Waals surface area contributed by atoms with Crippen molar-refractivity contribution in [2.45, 2.75) is 38.0 Å². The fourth-order valence-electron chi connectivity index (χ4n) is 3.80. The molecule has 7 heteroatoms. The van der Waals surface area contributed by atoms with Crippen molar-refractivity contribution >= 4 is 17.4 Å². The summed E-state index contributed by atoms with van der Waals surface area (Å²) < 4.78 is 20.4. The molecule has 26 heavy (non-hydrogen) atoms. The average molecular weight is 377 g/mol. The van der Waals surface area contributed by atoms with Crippen LogP contribution in [-0.4, -0.2) is 46.6 Å². The topological polar surface area (TPSA) is 50.3 Å². The SMILES string of the molecule is CCc1ncnc(N[C@@H]2C[C@H]3CO[C@@H](c4ccc(Cl)cc4)CN3C2)c1F. The normalized spacial score (nSPS) is 25.9. The zero-order chi connectivity index (χ0) is 18.1. The van der Waals surface area contributed by atoms with E-state index in [1.807, 2.05) is 31.2 Å². The van der Waals surface area contributed by atoms with Gasteiger partial charge >= 0.3 is 0 Å². The monoisotopic (exact) mass is 376 g/mol. The molecule has 0 radical (unpaired) electrons. The molecule has 2 saturated heterocycles. The van der Waals surface area contributed by atoms with Crippen LogP contribution in [0.15, 0.2) is 30.6 Å². The third-order valence-corrected chi connectivity index (χ3v) is 5.45. The lowest BCUT2D eigenvalue weighted by atomic mass is 10.1. The Kier molecular flexibility index (Phi) is 5.07. The van der Waals surface area contributed by atoms with Gasteiger partial charge < -0.3 is 10.1 Å². The van der Waals surface area contributed by atoms with Crippen LogP contribution < -0.4 is 5.32 Å². The second kappa shape index (κ2) is 7.47. The average Bonchev–Trinajstić information content (AvgIpc) is 3.05. The Morgan fingerprint density at radius 2 is 2.08 bits per heavy atom. The molecule has 0 aliphatic carbocycles. The van der Waals surface area contributed by atoms with E-state index < -0.39 is 0 Å². The fourth-order valence-corrected chi connectivity index (χ4v) is 3.93. The van der Waals surface area contributed by atoms with Crippen molar-refractivity contribution in [3.8, 4) is 0 Å². The Morgan fingerprint density at radius 1 is 1.27 bits per heavy atom. The molecule has 3 atom stereocenters. The van der Waals surface area contributed by atoms with Gasteiger partial charge in [0.25, 0.3) is 0 Å². The number of aromatic nitrogens is 2.